The number of nitrogens with zero attached hydrogens (tertiary/aromatic N) is 2. The molecule has 4 heteroatoms. The van der Waals surface area contributed by atoms with Crippen LogP contribution >= 0.6 is 0 Å². The SMILES string of the molecule is COc1cccc(CN2CCCn3cccc3[C@@H]2c2ccc(C(C)(C)C)cc2)c1O. The molecule has 4 rings (SSSR count). The van der Waals surface area contributed by atoms with Crippen molar-refractivity contribution in [1.29, 1.82) is 0 Å². The second-order valence-corrected chi connectivity index (χ2v) is 9.19. The Balaban J connectivity index is 1.73. The van der Waals surface area contributed by atoms with Crippen LogP contribution in [0, 0.1) is 0 Å². The van der Waals surface area contributed by atoms with Crippen molar-refractivity contribution in [3.63, 3.8) is 0 Å². The number of fused-ring (bicyclic) bond motifs is 1. The Hall–Kier alpha value is -2.72. The number of aromatic hydroxyl groups is 1. The molecule has 0 radical (unpaired) electrons. The number of rotatable bonds is 4. The number of phenols is 1. The second kappa shape index (κ2) is 8.19. The molecule has 1 aromatic heterocycles. The molecule has 0 bridgehead atoms. The summed E-state index contributed by atoms with van der Waals surface area (Å²) in [5, 5.41) is 10.7. The van der Waals surface area contributed by atoms with Gasteiger partial charge in [0.25, 0.3) is 0 Å². The monoisotopic (exact) mass is 404 g/mol. The van der Waals surface area contributed by atoms with E-state index in [-0.39, 0.29) is 17.2 Å². The summed E-state index contributed by atoms with van der Waals surface area (Å²) in [4.78, 5) is 2.47. The molecule has 2 aromatic carbocycles. The number of methoxy groups -OCH3 is 1. The first kappa shape index (κ1) is 20.5. The topological polar surface area (TPSA) is 37.6 Å². The summed E-state index contributed by atoms with van der Waals surface area (Å²) in [5.41, 5.74) is 4.96. The van der Waals surface area contributed by atoms with Crippen LogP contribution in [-0.2, 0) is 18.5 Å². The molecule has 4 nitrogen and oxygen atoms in total. The fraction of sp³-hybridized carbons (Fsp3) is 0.385. The van der Waals surface area contributed by atoms with Crippen molar-refractivity contribution in [2.45, 2.75) is 51.7 Å². The smallest absolute Gasteiger partial charge is 0.162 e. The summed E-state index contributed by atoms with van der Waals surface area (Å²) in [6.45, 7) is 9.38. The van der Waals surface area contributed by atoms with Crippen LogP contribution in [0.5, 0.6) is 11.5 Å². The van der Waals surface area contributed by atoms with E-state index in [9.17, 15) is 5.11 Å². The highest BCUT2D eigenvalue weighted by Crippen LogP contribution is 2.37. The molecule has 0 unspecified atom stereocenters. The Morgan fingerprint density at radius 1 is 1.00 bits per heavy atom. The molecule has 1 aliphatic rings. The third-order valence-corrected chi connectivity index (χ3v) is 6.12. The summed E-state index contributed by atoms with van der Waals surface area (Å²) in [5.74, 6) is 0.762. The number of ether oxygens (including phenoxy) is 1. The Labute approximate surface area is 179 Å². The molecule has 0 spiro atoms. The van der Waals surface area contributed by atoms with Crippen molar-refractivity contribution in [3.05, 3.63) is 83.2 Å². The zero-order valence-electron chi connectivity index (χ0n) is 18.4. The van der Waals surface area contributed by atoms with Crippen molar-refractivity contribution < 1.29 is 9.84 Å². The van der Waals surface area contributed by atoms with E-state index in [1.807, 2.05) is 12.1 Å². The van der Waals surface area contributed by atoms with Gasteiger partial charge in [0, 0.05) is 37.1 Å². The molecule has 0 amide bonds. The number of aryl methyl sites for hydroxylation is 1. The molecule has 1 aliphatic heterocycles. The van der Waals surface area contributed by atoms with Crippen molar-refractivity contribution in [1.82, 2.24) is 9.47 Å². The number of para-hydroxylation sites is 1. The maximum Gasteiger partial charge on any atom is 0.162 e. The van der Waals surface area contributed by atoms with Crippen LogP contribution in [0.4, 0.5) is 0 Å². The Kier molecular flexibility index (Phi) is 5.61. The number of hydrogen-bond acceptors (Lipinski definition) is 3. The van der Waals surface area contributed by atoms with Crippen LogP contribution in [0.1, 0.15) is 55.6 Å². The van der Waals surface area contributed by atoms with Crippen LogP contribution in [0.15, 0.2) is 60.8 Å². The van der Waals surface area contributed by atoms with Crippen LogP contribution in [-0.4, -0.2) is 28.2 Å². The van der Waals surface area contributed by atoms with Crippen LogP contribution < -0.4 is 4.74 Å². The quantitative estimate of drug-likeness (QED) is 0.624. The Bertz CT molecular complexity index is 999. The zero-order valence-corrected chi connectivity index (χ0v) is 18.4. The highest BCUT2D eigenvalue weighted by molar-refractivity contribution is 5.45. The summed E-state index contributed by atoms with van der Waals surface area (Å²) in [6, 6.07) is 19.3. The molecule has 1 N–H and O–H groups in total. The van der Waals surface area contributed by atoms with Gasteiger partial charge in [-0.3, -0.25) is 4.90 Å². The van der Waals surface area contributed by atoms with Crippen LogP contribution in [0.25, 0.3) is 0 Å². The highest BCUT2D eigenvalue weighted by atomic mass is 16.5. The van der Waals surface area contributed by atoms with Crippen molar-refractivity contribution in [2.24, 2.45) is 0 Å². The van der Waals surface area contributed by atoms with Crippen molar-refractivity contribution >= 4 is 0 Å². The van der Waals surface area contributed by atoms with Gasteiger partial charge in [-0.1, -0.05) is 57.2 Å². The molecular formula is C26H32N2O2. The van der Waals surface area contributed by atoms with E-state index in [2.05, 4.69) is 72.8 Å². The van der Waals surface area contributed by atoms with E-state index in [4.69, 9.17) is 4.74 Å². The number of benzene rings is 2. The van der Waals surface area contributed by atoms with Gasteiger partial charge in [-0.2, -0.15) is 0 Å². The van der Waals surface area contributed by atoms with Crippen molar-refractivity contribution in [3.8, 4) is 11.5 Å². The normalized spacial score (nSPS) is 17.4. The summed E-state index contributed by atoms with van der Waals surface area (Å²) >= 11 is 0. The standard InChI is InChI=1S/C26H32N2O2/c1-26(2,3)21-13-11-19(12-14-21)24-22-9-6-15-27(22)16-7-17-28(24)18-20-8-5-10-23(30-4)25(20)29/h5-6,8-15,24,29H,7,16-18H2,1-4H3/t24-/m0/s1. The Morgan fingerprint density at radius 3 is 2.47 bits per heavy atom. The number of phenolic OH excluding ortho intramolecular Hbond substituents is 1. The van der Waals surface area contributed by atoms with Gasteiger partial charge in [-0.25, -0.2) is 0 Å². The molecule has 0 saturated heterocycles. The van der Waals surface area contributed by atoms with Gasteiger partial charge in [-0.15, -0.1) is 0 Å². The van der Waals surface area contributed by atoms with Crippen LogP contribution in [0.2, 0.25) is 0 Å². The Morgan fingerprint density at radius 2 is 1.77 bits per heavy atom. The minimum Gasteiger partial charge on any atom is -0.504 e. The summed E-state index contributed by atoms with van der Waals surface area (Å²) in [7, 11) is 1.59. The van der Waals surface area contributed by atoms with Gasteiger partial charge in [0.2, 0.25) is 0 Å². The predicted octanol–water partition coefficient (Wildman–Crippen LogP) is 5.50. The van der Waals surface area contributed by atoms with E-state index in [0.717, 1.165) is 25.1 Å². The van der Waals surface area contributed by atoms with Gasteiger partial charge in [0.15, 0.2) is 11.5 Å². The average molecular weight is 405 g/mol. The second-order valence-electron chi connectivity index (χ2n) is 9.19. The van der Waals surface area contributed by atoms with Gasteiger partial charge < -0.3 is 14.4 Å². The lowest BCUT2D eigenvalue weighted by molar-refractivity contribution is 0.217. The molecule has 3 aromatic rings. The van der Waals surface area contributed by atoms with E-state index in [1.165, 1.54) is 16.8 Å². The first-order valence-corrected chi connectivity index (χ1v) is 10.7. The molecule has 0 saturated carbocycles. The first-order chi connectivity index (χ1) is 14.4. The lowest BCUT2D eigenvalue weighted by atomic mass is 9.86. The fourth-order valence-electron chi connectivity index (χ4n) is 4.44. The van der Waals surface area contributed by atoms with Gasteiger partial charge in [0.05, 0.1) is 13.2 Å². The maximum atomic E-state index is 10.7. The zero-order chi connectivity index (χ0) is 21.3. The van der Waals surface area contributed by atoms with E-state index in [1.54, 1.807) is 13.2 Å². The largest absolute Gasteiger partial charge is 0.504 e. The average Bonchev–Trinajstić information content (AvgIpc) is 3.10. The lowest BCUT2D eigenvalue weighted by Gasteiger charge is -2.31. The van der Waals surface area contributed by atoms with E-state index in [0.29, 0.717) is 12.3 Å². The number of aromatic nitrogens is 1. The highest BCUT2D eigenvalue weighted by Gasteiger charge is 2.28. The van der Waals surface area contributed by atoms with Gasteiger partial charge in [0.1, 0.15) is 0 Å². The van der Waals surface area contributed by atoms with E-state index < -0.39 is 0 Å². The van der Waals surface area contributed by atoms with Crippen LogP contribution in [0.3, 0.4) is 0 Å². The van der Waals surface area contributed by atoms with Gasteiger partial charge >= 0.3 is 0 Å². The minimum absolute atomic E-state index is 0.133. The number of hydrogen-bond donors (Lipinski definition) is 1. The van der Waals surface area contributed by atoms with E-state index >= 15 is 0 Å². The molecule has 158 valence electrons. The third kappa shape index (κ3) is 3.97. The molecule has 2 heterocycles. The summed E-state index contributed by atoms with van der Waals surface area (Å²) < 4.78 is 7.70. The summed E-state index contributed by atoms with van der Waals surface area (Å²) in [6.07, 6.45) is 3.25. The molecule has 0 fully saturated rings. The van der Waals surface area contributed by atoms with Gasteiger partial charge in [-0.05, 0) is 41.2 Å². The molecular weight excluding hydrogens is 372 g/mol. The van der Waals surface area contributed by atoms with Crippen molar-refractivity contribution in [2.75, 3.05) is 13.7 Å². The fourth-order valence-corrected chi connectivity index (χ4v) is 4.44. The predicted molar refractivity (Wildman–Crippen MR) is 121 cm³/mol. The lowest BCUT2D eigenvalue weighted by Crippen LogP contribution is -2.29. The first-order valence-electron chi connectivity index (χ1n) is 10.7. The molecule has 0 aliphatic carbocycles. The molecule has 1 atom stereocenters. The molecule has 30 heavy (non-hydrogen) atoms. The minimum atomic E-state index is 0.133. The third-order valence-electron chi connectivity index (χ3n) is 6.12. The maximum absolute atomic E-state index is 10.7.